The molecule has 4 nitrogen and oxygen atoms in total. The molecule has 2 atom stereocenters. The first-order valence-electron chi connectivity index (χ1n) is 7.72. The van der Waals surface area contributed by atoms with Crippen LogP contribution in [0, 0.1) is 11.8 Å². The Morgan fingerprint density at radius 3 is 2.63 bits per heavy atom. The average molecular weight is 268 g/mol. The third-order valence-electron chi connectivity index (χ3n) is 5.03. The highest BCUT2D eigenvalue weighted by molar-refractivity contribution is 5.85. The predicted molar refractivity (Wildman–Crippen MR) is 76.0 cm³/mol. The molecule has 0 spiro atoms. The zero-order valence-corrected chi connectivity index (χ0v) is 12.3. The first-order chi connectivity index (χ1) is 9.18. The second-order valence-electron chi connectivity index (χ2n) is 6.18. The van der Waals surface area contributed by atoms with Crippen LogP contribution in [-0.4, -0.2) is 38.3 Å². The third-order valence-corrected chi connectivity index (χ3v) is 5.03. The minimum absolute atomic E-state index is 0.0919. The fraction of sp³-hybridized carbons (Fsp3) is 0.933. The van der Waals surface area contributed by atoms with Gasteiger partial charge in [0.15, 0.2) is 0 Å². The lowest BCUT2D eigenvalue weighted by molar-refractivity contribution is -0.147. The Morgan fingerprint density at radius 1 is 1.32 bits per heavy atom. The number of nitrogens with one attached hydrogen (secondary N) is 2. The Hall–Kier alpha value is -0.610. The fourth-order valence-electron chi connectivity index (χ4n) is 3.44. The number of ether oxygens (including phenoxy) is 1. The molecular weight excluding hydrogens is 240 g/mol. The van der Waals surface area contributed by atoms with Crippen LogP contribution < -0.4 is 10.6 Å². The number of rotatable bonds is 4. The van der Waals surface area contributed by atoms with Crippen LogP contribution in [0.15, 0.2) is 0 Å². The van der Waals surface area contributed by atoms with E-state index in [1.54, 1.807) is 7.11 Å². The van der Waals surface area contributed by atoms with Gasteiger partial charge >= 0.3 is 0 Å². The van der Waals surface area contributed by atoms with Gasteiger partial charge in [-0.05, 0) is 44.2 Å². The van der Waals surface area contributed by atoms with Gasteiger partial charge in [0.05, 0.1) is 0 Å². The van der Waals surface area contributed by atoms with Gasteiger partial charge in [-0.1, -0.05) is 26.2 Å². The Bertz CT molecular complexity index is 301. The Balaban J connectivity index is 1.85. The molecule has 1 saturated heterocycles. The number of carbonyl (C=O) groups is 1. The van der Waals surface area contributed by atoms with E-state index in [0.29, 0.717) is 5.92 Å². The number of methoxy groups -OCH3 is 1. The van der Waals surface area contributed by atoms with Crippen molar-refractivity contribution < 1.29 is 9.53 Å². The van der Waals surface area contributed by atoms with Gasteiger partial charge in [0.25, 0.3) is 5.91 Å². The summed E-state index contributed by atoms with van der Waals surface area (Å²) in [5.41, 5.74) is -0.594. The zero-order valence-electron chi connectivity index (χ0n) is 12.3. The van der Waals surface area contributed by atoms with Crippen molar-refractivity contribution in [1.82, 2.24) is 10.6 Å². The Morgan fingerprint density at radius 2 is 2.00 bits per heavy atom. The molecule has 0 aromatic rings. The van der Waals surface area contributed by atoms with Gasteiger partial charge in [0, 0.05) is 13.7 Å². The lowest BCUT2D eigenvalue weighted by atomic mass is 9.80. The van der Waals surface area contributed by atoms with E-state index in [0.717, 1.165) is 38.4 Å². The van der Waals surface area contributed by atoms with Crippen LogP contribution in [0.2, 0.25) is 0 Å². The molecule has 2 unspecified atom stereocenters. The topological polar surface area (TPSA) is 50.4 Å². The summed E-state index contributed by atoms with van der Waals surface area (Å²) in [6, 6.07) is 0. The van der Waals surface area contributed by atoms with Crippen LogP contribution in [0.5, 0.6) is 0 Å². The molecular formula is C15H28N2O2. The largest absolute Gasteiger partial charge is 0.368 e. The molecule has 2 N–H and O–H groups in total. The molecule has 1 aliphatic carbocycles. The first-order valence-corrected chi connectivity index (χ1v) is 7.72. The third kappa shape index (κ3) is 3.48. The van der Waals surface area contributed by atoms with E-state index in [1.807, 2.05) is 0 Å². The number of amides is 1. The van der Waals surface area contributed by atoms with Crippen molar-refractivity contribution >= 4 is 5.91 Å². The molecule has 110 valence electrons. The van der Waals surface area contributed by atoms with Crippen molar-refractivity contribution in [1.29, 1.82) is 0 Å². The van der Waals surface area contributed by atoms with Crippen LogP contribution in [0.1, 0.15) is 45.4 Å². The SMILES string of the molecule is COC1(C(=O)NCC2CCCCC2C)CCNCC1. The summed E-state index contributed by atoms with van der Waals surface area (Å²) in [4.78, 5) is 12.4. The molecule has 2 rings (SSSR count). The molecule has 1 saturated carbocycles. The number of hydrogen-bond donors (Lipinski definition) is 2. The van der Waals surface area contributed by atoms with E-state index >= 15 is 0 Å². The smallest absolute Gasteiger partial charge is 0.252 e. The minimum Gasteiger partial charge on any atom is -0.368 e. The van der Waals surface area contributed by atoms with Crippen LogP contribution >= 0.6 is 0 Å². The normalized spacial score (nSPS) is 30.8. The second kappa shape index (κ2) is 6.71. The summed E-state index contributed by atoms with van der Waals surface area (Å²) >= 11 is 0. The molecule has 0 radical (unpaired) electrons. The van der Waals surface area contributed by atoms with Crippen LogP contribution in [0.3, 0.4) is 0 Å². The van der Waals surface area contributed by atoms with E-state index in [1.165, 1.54) is 25.7 Å². The summed E-state index contributed by atoms with van der Waals surface area (Å²) in [5.74, 6) is 1.48. The van der Waals surface area contributed by atoms with Gasteiger partial charge in [-0.2, -0.15) is 0 Å². The van der Waals surface area contributed by atoms with Gasteiger partial charge in [-0.25, -0.2) is 0 Å². The lowest BCUT2D eigenvalue weighted by Gasteiger charge is -2.36. The molecule has 0 aromatic heterocycles. The van der Waals surface area contributed by atoms with Crippen molar-refractivity contribution in [3.05, 3.63) is 0 Å². The van der Waals surface area contributed by atoms with Crippen LogP contribution in [0.4, 0.5) is 0 Å². The highest BCUT2D eigenvalue weighted by Gasteiger charge is 2.39. The Labute approximate surface area is 116 Å². The van der Waals surface area contributed by atoms with E-state index in [4.69, 9.17) is 4.74 Å². The van der Waals surface area contributed by atoms with E-state index in [2.05, 4.69) is 17.6 Å². The predicted octanol–water partition coefficient (Wildman–Crippen LogP) is 1.70. The van der Waals surface area contributed by atoms with Crippen molar-refractivity contribution in [3.63, 3.8) is 0 Å². The van der Waals surface area contributed by atoms with Crippen molar-refractivity contribution in [2.24, 2.45) is 11.8 Å². The summed E-state index contributed by atoms with van der Waals surface area (Å²) in [5, 5.41) is 6.43. The number of hydrogen-bond acceptors (Lipinski definition) is 3. The summed E-state index contributed by atoms with van der Waals surface area (Å²) in [6.45, 7) is 4.85. The lowest BCUT2D eigenvalue weighted by Crippen LogP contribution is -2.55. The first kappa shape index (κ1) is 14.8. The number of carbonyl (C=O) groups excluding carboxylic acids is 1. The zero-order chi connectivity index (χ0) is 13.7. The fourth-order valence-corrected chi connectivity index (χ4v) is 3.44. The van der Waals surface area contributed by atoms with E-state index < -0.39 is 5.60 Å². The quantitative estimate of drug-likeness (QED) is 0.816. The molecule has 1 heterocycles. The highest BCUT2D eigenvalue weighted by Crippen LogP contribution is 2.29. The average Bonchev–Trinajstić information content (AvgIpc) is 2.46. The highest BCUT2D eigenvalue weighted by atomic mass is 16.5. The molecule has 0 aromatic carbocycles. The van der Waals surface area contributed by atoms with E-state index in [-0.39, 0.29) is 5.91 Å². The summed E-state index contributed by atoms with van der Waals surface area (Å²) < 4.78 is 5.56. The molecule has 1 amide bonds. The molecule has 2 fully saturated rings. The maximum atomic E-state index is 12.4. The van der Waals surface area contributed by atoms with Crippen molar-refractivity contribution in [3.8, 4) is 0 Å². The van der Waals surface area contributed by atoms with Crippen LogP contribution in [0.25, 0.3) is 0 Å². The second-order valence-corrected chi connectivity index (χ2v) is 6.18. The van der Waals surface area contributed by atoms with E-state index in [9.17, 15) is 4.79 Å². The molecule has 19 heavy (non-hydrogen) atoms. The van der Waals surface area contributed by atoms with Gasteiger partial charge in [0.1, 0.15) is 5.60 Å². The summed E-state index contributed by atoms with van der Waals surface area (Å²) in [6.07, 6.45) is 6.76. The van der Waals surface area contributed by atoms with Gasteiger partial charge < -0.3 is 15.4 Å². The monoisotopic (exact) mass is 268 g/mol. The molecule has 0 bridgehead atoms. The Kier molecular flexibility index (Phi) is 5.22. The standard InChI is InChI=1S/C15H28N2O2/c1-12-5-3-4-6-13(12)11-17-14(18)15(19-2)7-9-16-10-8-15/h12-13,16H,3-11H2,1-2H3,(H,17,18). The maximum Gasteiger partial charge on any atom is 0.252 e. The molecule has 4 heteroatoms. The summed E-state index contributed by atoms with van der Waals surface area (Å²) in [7, 11) is 1.66. The van der Waals surface area contributed by atoms with Gasteiger partial charge in [0.2, 0.25) is 0 Å². The van der Waals surface area contributed by atoms with Gasteiger partial charge in [-0.15, -0.1) is 0 Å². The maximum absolute atomic E-state index is 12.4. The molecule has 2 aliphatic rings. The van der Waals surface area contributed by atoms with Crippen molar-refractivity contribution in [2.75, 3.05) is 26.7 Å². The van der Waals surface area contributed by atoms with Crippen LogP contribution in [-0.2, 0) is 9.53 Å². The van der Waals surface area contributed by atoms with Crippen molar-refractivity contribution in [2.45, 2.75) is 51.0 Å². The number of piperidine rings is 1. The van der Waals surface area contributed by atoms with Gasteiger partial charge in [-0.3, -0.25) is 4.79 Å². The minimum atomic E-state index is -0.594. The molecule has 1 aliphatic heterocycles.